The molecule has 0 atom stereocenters. The Balaban J connectivity index is 0.000000396. The van der Waals surface area contributed by atoms with E-state index in [4.69, 9.17) is 4.42 Å². The van der Waals surface area contributed by atoms with Crippen LogP contribution in [0.15, 0.2) is 45.8 Å². The van der Waals surface area contributed by atoms with Crippen molar-refractivity contribution in [2.45, 2.75) is 13.8 Å². The molecule has 1 aromatic heterocycles. The van der Waals surface area contributed by atoms with E-state index in [1.165, 1.54) is 12.3 Å². The predicted molar refractivity (Wildman–Crippen MR) is 53.8 cm³/mol. The molecule has 0 aliphatic carbocycles. The summed E-state index contributed by atoms with van der Waals surface area (Å²) in [5.41, 5.74) is 0.645. The minimum Gasteiger partial charge on any atom is -0.464 e. The Labute approximate surface area is 76.8 Å². The minimum absolute atomic E-state index is 0.00634. The van der Waals surface area contributed by atoms with Gasteiger partial charge in [0.15, 0.2) is 5.43 Å². The van der Waals surface area contributed by atoms with E-state index in [0.717, 1.165) is 0 Å². The zero-order valence-electron chi connectivity index (χ0n) is 7.78. The smallest absolute Gasteiger partial charge is 0.192 e. The molecule has 0 aliphatic heterocycles. The zero-order chi connectivity index (χ0) is 9.68. The highest BCUT2D eigenvalue weighted by Crippen LogP contribution is 2.06. The quantitative estimate of drug-likeness (QED) is 0.617. The van der Waals surface area contributed by atoms with Gasteiger partial charge in [-0.25, -0.2) is 0 Å². The SMILES string of the molecule is CC.O=c1ccoc2ccccc12. The third-order valence-electron chi connectivity index (χ3n) is 1.57. The van der Waals surface area contributed by atoms with Crippen molar-refractivity contribution in [3.05, 3.63) is 46.8 Å². The van der Waals surface area contributed by atoms with E-state index in [2.05, 4.69) is 0 Å². The van der Waals surface area contributed by atoms with Crippen molar-refractivity contribution >= 4 is 11.0 Å². The minimum atomic E-state index is 0.00634. The Morgan fingerprint density at radius 3 is 2.46 bits per heavy atom. The number of para-hydroxylation sites is 1. The van der Waals surface area contributed by atoms with Crippen LogP contribution in [0.2, 0.25) is 0 Å². The van der Waals surface area contributed by atoms with Crippen molar-refractivity contribution in [3.63, 3.8) is 0 Å². The molecule has 0 aliphatic rings. The van der Waals surface area contributed by atoms with E-state index in [1.807, 2.05) is 26.0 Å². The molecule has 2 rings (SSSR count). The molecular formula is C11H12O2. The molecule has 2 heteroatoms. The summed E-state index contributed by atoms with van der Waals surface area (Å²) in [6.07, 6.45) is 1.41. The molecule has 0 bridgehead atoms. The molecule has 1 aromatic carbocycles. The third kappa shape index (κ3) is 1.96. The summed E-state index contributed by atoms with van der Waals surface area (Å²) in [5, 5.41) is 0.634. The molecule has 68 valence electrons. The fraction of sp³-hybridized carbons (Fsp3) is 0.182. The van der Waals surface area contributed by atoms with Crippen molar-refractivity contribution < 1.29 is 4.42 Å². The fourth-order valence-corrected chi connectivity index (χ4v) is 1.03. The summed E-state index contributed by atoms with van der Waals surface area (Å²) >= 11 is 0. The maximum Gasteiger partial charge on any atom is 0.192 e. The van der Waals surface area contributed by atoms with Crippen molar-refractivity contribution in [1.29, 1.82) is 0 Å². The molecule has 0 unspecified atom stereocenters. The lowest BCUT2D eigenvalue weighted by molar-refractivity contribution is 0.602. The average Bonchev–Trinajstić information content (AvgIpc) is 2.22. The topological polar surface area (TPSA) is 30.2 Å². The highest BCUT2D eigenvalue weighted by Gasteiger charge is 1.95. The second-order valence-corrected chi connectivity index (χ2v) is 2.28. The predicted octanol–water partition coefficient (Wildman–Crippen LogP) is 2.82. The van der Waals surface area contributed by atoms with Gasteiger partial charge in [-0.15, -0.1) is 0 Å². The molecule has 2 aromatic rings. The van der Waals surface area contributed by atoms with Crippen LogP contribution in [0.4, 0.5) is 0 Å². The van der Waals surface area contributed by atoms with Crippen LogP contribution in [0.25, 0.3) is 11.0 Å². The van der Waals surface area contributed by atoms with Crippen molar-refractivity contribution in [2.24, 2.45) is 0 Å². The zero-order valence-corrected chi connectivity index (χ0v) is 7.78. The first-order valence-corrected chi connectivity index (χ1v) is 4.34. The Morgan fingerprint density at radius 2 is 1.77 bits per heavy atom. The Bertz CT molecular complexity index is 424. The van der Waals surface area contributed by atoms with E-state index < -0.39 is 0 Å². The van der Waals surface area contributed by atoms with E-state index in [0.29, 0.717) is 11.0 Å². The molecule has 0 saturated heterocycles. The summed E-state index contributed by atoms with van der Waals surface area (Å²) in [7, 11) is 0. The first-order chi connectivity index (χ1) is 6.38. The Morgan fingerprint density at radius 1 is 1.08 bits per heavy atom. The Kier molecular flexibility index (Phi) is 3.26. The molecular weight excluding hydrogens is 164 g/mol. The van der Waals surface area contributed by atoms with E-state index in [1.54, 1.807) is 12.1 Å². The summed E-state index contributed by atoms with van der Waals surface area (Å²) in [6.45, 7) is 4.00. The van der Waals surface area contributed by atoms with Gasteiger partial charge in [0, 0.05) is 6.07 Å². The number of fused-ring (bicyclic) bond motifs is 1. The van der Waals surface area contributed by atoms with Gasteiger partial charge in [0.05, 0.1) is 11.6 Å². The van der Waals surface area contributed by atoms with Crippen LogP contribution in [-0.2, 0) is 0 Å². The van der Waals surface area contributed by atoms with Crippen LogP contribution in [-0.4, -0.2) is 0 Å². The summed E-state index contributed by atoms with van der Waals surface area (Å²) in [6, 6.07) is 8.60. The van der Waals surface area contributed by atoms with E-state index >= 15 is 0 Å². The van der Waals surface area contributed by atoms with Gasteiger partial charge >= 0.3 is 0 Å². The highest BCUT2D eigenvalue weighted by atomic mass is 16.3. The van der Waals surface area contributed by atoms with Crippen LogP contribution in [0.1, 0.15) is 13.8 Å². The first kappa shape index (κ1) is 9.52. The third-order valence-corrected chi connectivity index (χ3v) is 1.57. The number of hydrogen-bond acceptors (Lipinski definition) is 2. The van der Waals surface area contributed by atoms with Gasteiger partial charge in [0.25, 0.3) is 0 Å². The molecule has 2 nitrogen and oxygen atoms in total. The number of benzene rings is 1. The number of rotatable bonds is 0. The fourth-order valence-electron chi connectivity index (χ4n) is 1.03. The van der Waals surface area contributed by atoms with Crippen LogP contribution in [0.5, 0.6) is 0 Å². The lowest BCUT2D eigenvalue weighted by Crippen LogP contribution is -1.96. The average molecular weight is 176 g/mol. The van der Waals surface area contributed by atoms with E-state index in [9.17, 15) is 4.79 Å². The van der Waals surface area contributed by atoms with Gasteiger partial charge < -0.3 is 4.42 Å². The van der Waals surface area contributed by atoms with Gasteiger partial charge in [-0.3, -0.25) is 4.79 Å². The van der Waals surface area contributed by atoms with Crippen molar-refractivity contribution in [3.8, 4) is 0 Å². The number of hydrogen-bond donors (Lipinski definition) is 0. The lowest BCUT2D eigenvalue weighted by atomic mass is 10.2. The largest absolute Gasteiger partial charge is 0.464 e. The maximum absolute atomic E-state index is 11.1. The van der Waals surface area contributed by atoms with Crippen LogP contribution >= 0.6 is 0 Å². The van der Waals surface area contributed by atoms with Crippen LogP contribution in [0.3, 0.4) is 0 Å². The second-order valence-electron chi connectivity index (χ2n) is 2.28. The Hall–Kier alpha value is -1.57. The molecule has 0 spiro atoms. The molecule has 13 heavy (non-hydrogen) atoms. The van der Waals surface area contributed by atoms with Crippen molar-refractivity contribution in [1.82, 2.24) is 0 Å². The summed E-state index contributed by atoms with van der Waals surface area (Å²) < 4.78 is 5.09. The molecule has 0 fully saturated rings. The van der Waals surface area contributed by atoms with Gasteiger partial charge in [0.1, 0.15) is 5.58 Å². The van der Waals surface area contributed by atoms with Gasteiger partial charge in [-0.1, -0.05) is 26.0 Å². The highest BCUT2D eigenvalue weighted by molar-refractivity contribution is 5.75. The standard InChI is InChI=1S/C9H6O2.C2H6/c10-8-5-6-11-9-4-2-1-3-7(8)9;1-2/h1-6H;1-2H3. The first-order valence-electron chi connectivity index (χ1n) is 4.34. The molecule has 0 saturated carbocycles. The normalized spacial score (nSPS) is 9.08. The summed E-state index contributed by atoms with van der Waals surface area (Å²) in [4.78, 5) is 11.1. The van der Waals surface area contributed by atoms with Crippen LogP contribution < -0.4 is 5.43 Å². The molecule has 0 amide bonds. The van der Waals surface area contributed by atoms with Gasteiger partial charge in [0.2, 0.25) is 0 Å². The van der Waals surface area contributed by atoms with E-state index in [-0.39, 0.29) is 5.43 Å². The summed E-state index contributed by atoms with van der Waals surface area (Å²) in [5.74, 6) is 0. The lowest BCUT2D eigenvalue weighted by Gasteiger charge is -1.91. The molecule has 0 N–H and O–H groups in total. The van der Waals surface area contributed by atoms with Crippen LogP contribution in [0, 0.1) is 0 Å². The maximum atomic E-state index is 11.1. The second kappa shape index (κ2) is 4.45. The molecule has 1 heterocycles. The van der Waals surface area contributed by atoms with Crippen molar-refractivity contribution in [2.75, 3.05) is 0 Å². The van der Waals surface area contributed by atoms with Gasteiger partial charge in [-0.2, -0.15) is 0 Å². The molecule has 0 radical (unpaired) electrons. The van der Waals surface area contributed by atoms with Gasteiger partial charge in [-0.05, 0) is 12.1 Å². The monoisotopic (exact) mass is 176 g/mol.